The van der Waals surface area contributed by atoms with Crippen LogP contribution in [0.5, 0.6) is 0 Å². The average Bonchev–Trinajstić information content (AvgIpc) is 2.84. The van der Waals surface area contributed by atoms with Crippen molar-refractivity contribution in [3.8, 4) is 0 Å². The molecule has 0 radical (unpaired) electrons. The van der Waals surface area contributed by atoms with Crippen molar-refractivity contribution in [3.63, 3.8) is 0 Å². The Morgan fingerprint density at radius 2 is 2.33 bits per heavy atom. The zero-order valence-corrected chi connectivity index (χ0v) is 11.8. The van der Waals surface area contributed by atoms with Crippen LogP contribution in [0, 0.1) is 3.57 Å². The minimum Gasteiger partial charge on any atom is -0.347 e. The minimum atomic E-state index is -0.212. The SMILES string of the molecule is NCc1[nH]cnc1C(=O)NCc1cccc(I)c1. The summed E-state index contributed by atoms with van der Waals surface area (Å²) >= 11 is 2.24. The largest absolute Gasteiger partial charge is 0.347 e. The summed E-state index contributed by atoms with van der Waals surface area (Å²) in [5.41, 5.74) is 7.58. The van der Waals surface area contributed by atoms with Gasteiger partial charge in [0.15, 0.2) is 0 Å². The number of nitrogens with one attached hydrogen (secondary N) is 2. The van der Waals surface area contributed by atoms with E-state index in [-0.39, 0.29) is 12.5 Å². The number of aromatic amines is 1. The van der Waals surface area contributed by atoms with E-state index in [2.05, 4.69) is 37.9 Å². The predicted octanol–water partition coefficient (Wildman–Crippen LogP) is 1.40. The summed E-state index contributed by atoms with van der Waals surface area (Å²) in [6.45, 7) is 0.749. The number of H-pyrrole nitrogens is 1. The van der Waals surface area contributed by atoms with E-state index in [0.29, 0.717) is 17.9 Å². The van der Waals surface area contributed by atoms with Gasteiger partial charge in [0.2, 0.25) is 0 Å². The van der Waals surface area contributed by atoms with Crippen LogP contribution in [0.3, 0.4) is 0 Å². The molecule has 0 bridgehead atoms. The van der Waals surface area contributed by atoms with E-state index in [1.165, 1.54) is 6.33 Å². The van der Waals surface area contributed by atoms with E-state index in [1.54, 1.807) is 0 Å². The first kappa shape index (κ1) is 13.0. The Morgan fingerprint density at radius 1 is 1.50 bits per heavy atom. The summed E-state index contributed by atoms with van der Waals surface area (Å²) in [5, 5.41) is 2.82. The zero-order valence-electron chi connectivity index (χ0n) is 9.61. The fraction of sp³-hybridized carbons (Fsp3) is 0.167. The standard InChI is InChI=1S/C12H13IN4O/c13-9-3-1-2-8(4-9)6-15-12(18)11-10(5-14)16-7-17-11/h1-4,7H,5-6,14H2,(H,15,18)(H,16,17). The van der Waals surface area contributed by atoms with E-state index in [1.807, 2.05) is 24.3 Å². The van der Waals surface area contributed by atoms with Crippen LogP contribution in [0.4, 0.5) is 0 Å². The molecule has 5 nitrogen and oxygen atoms in total. The van der Waals surface area contributed by atoms with Crippen molar-refractivity contribution in [1.29, 1.82) is 0 Å². The van der Waals surface area contributed by atoms with Crippen LogP contribution in [0.15, 0.2) is 30.6 Å². The first-order chi connectivity index (χ1) is 8.70. The van der Waals surface area contributed by atoms with Crippen molar-refractivity contribution >= 4 is 28.5 Å². The molecule has 2 rings (SSSR count). The first-order valence-corrected chi connectivity index (χ1v) is 6.53. The van der Waals surface area contributed by atoms with Crippen LogP contribution in [0.25, 0.3) is 0 Å². The number of hydrogen-bond donors (Lipinski definition) is 3. The number of halogens is 1. The van der Waals surface area contributed by atoms with Gasteiger partial charge in [-0.2, -0.15) is 0 Å². The Morgan fingerprint density at radius 3 is 3.06 bits per heavy atom. The van der Waals surface area contributed by atoms with Crippen LogP contribution >= 0.6 is 22.6 Å². The molecule has 0 fully saturated rings. The Kier molecular flexibility index (Phi) is 4.32. The highest BCUT2D eigenvalue weighted by Crippen LogP contribution is 2.08. The molecule has 2 aromatic rings. The lowest BCUT2D eigenvalue weighted by Gasteiger charge is -2.05. The molecule has 18 heavy (non-hydrogen) atoms. The quantitative estimate of drug-likeness (QED) is 0.725. The van der Waals surface area contributed by atoms with Gasteiger partial charge in [0.1, 0.15) is 5.69 Å². The second-order valence-electron chi connectivity index (χ2n) is 3.75. The fourth-order valence-corrected chi connectivity index (χ4v) is 2.19. The highest BCUT2D eigenvalue weighted by Gasteiger charge is 2.12. The van der Waals surface area contributed by atoms with Gasteiger partial charge in [-0.05, 0) is 40.3 Å². The van der Waals surface area contributed by atoms with Crippen molar-refractivity contribution in [2.45, 2.75) is 13.1 Å². The Balaban J connectivity index is 2.00. The molecule has 0 aliphatic carbocycles. The number of hydrogen-bond acceptors (Lipinski definition) is 3. The molecular weight excluding hydrogens is 343 g/mol. The maximum absolute atomic E-state index is 11.9. The Hall–Kier alpha value is -1.41. The van der Waals surface area contributed by atoms with Gasteiger partial charge in [-0.15, -0.1) is 0 Å². The number of amides is 1. The average molecular weight is 356 g/mol. The molecule has 94 valence electrons. The van der Waals surface area contributed by atoms with Crippen LogP contribution in [-0.2, 0) is 13.1 Å². The minimum absolute atomic E-state index is 0.212. The topological polar surface area (TPSA) is 83.8 Å². The van der Waals surface area contributed by atoms with Crippen LogP contribution < -0.4 is 11.1 Å². The molecule has 1 amide bonds. The van der Waals surface area contributed by atoms with E-state index in [9.17, 15) is 4.79 Å². The molecule has 0 atom stereocenters. The fourth-order valence-electron chi connectivity index (χ4n) is 1.59. The monoisotopic (exact) mass is 356 g/mol. The highest BCUT2D eigenvalue weighted by atomic mass is 127. The van der Waals surface area contributed by atoms with Gasteiger partial charge in [0.25, 0.3) is 5.91 Å². The number of nitrogens with two attached hydrogens (primary N) is 1. The van der Waals surface area contributed by atoms with Crippen LogP contribution in [0.1, 0.15) is 21.7 Å². The maximum Gasteiger partial charge on any atom is 0.272 e. The van der Waals surface area contributed by atoms with E-state index < -0.39 is 0 Å². The highest BCUT2D eigenvalue weighted by molar-refractivity contribution is 14.1. The van der Waals surface area contributed by atoms with Gasteiger partial charge in [0, 0.05) is 16.7 Å². The molecule has 0 aliphatic heterocycles. The van der Waals surface area contributed by atoms with Crippen molar-refractivity contribution in [3.05, 3.63) is 51.1 Å². The zero-order chi connectivity index (χ0) is 13.0. The Labute approximate surface area is 118 Å². The molecule has 4 N–H and O–H groups in total. The number of carbonyl (C=O) groups is 1. The van der Waals surface area contributed by atoms with Crippen LogP contribution in [-0.4, -0.2) is 15.9 Å². The van der Waals surface area contributed by atoms with Gasteiger partial charge < -0.3 is 16.0 Å². The van der Waals surface area contributed by atoms with Crippen molar-refractivity contribution in [2.24, 2.45) is 5.73 Å². The van der Waals surface area contributed by atoms with Crippen molar-refractivity contribution in [1.82, 2.24) is 15.3 Å². The molecule has 0 aliphatic rings. The maximum atomic E-state index is 11.9. The number of benzene rings is 1. The second-order valence-corrected chi connectivity index (χ2v) is 4.99. The molecule has 0 unspecified atom stereocenters. The summed E-state index contributed by atoms with van der Waals surface area (Å²) in [6.07, 6.45) is 1.47. The molecule has 1 aromatic carbocycles. The number of imidazole rings is 1. The normalized spacial score (nSPS) is 10.3. The first-order valence-electron chi connectivity index (χ1n) is 5.45. The van der Waals surface area contributed by atoms with E-state index >= 15 is 0 Å². The molecule has 0 spiro atoms. The molecule has 6 heteroatoms. The van der Waals surface area contributed by atoms with Gasteiger partial charge in [0.05, 0.1) is 12.0 Å². The molecule has 0 saturated heterocycles. The third kappa shape index (κ3) is 3.08. The Bertz CT molecular complexity index is 553. The van der Waals surface area contributed by atoms with Gasteiger partial charge in [-0.1, -0.05) is 12.1 Å². The van der Waals surface area contributed by atoms with Crippen molar-refractivity contribution < 1.29 is 4.79 Å². The second kappa shape index (κ2) is 5.96. The third-order valence-corrected chi connectivity index (χ3v) is 3.15. The number of aromatic nitrogens is 2. The molecule has 1 aromatic heterocycles. The number of carbonyl (C=O) groups excluding carboxylic acids is 1. The summed E-state index contributed by atoms with van der Waals surface area (Å²) in [4.78, 5) is 18.7. The lowest BCUT2D eigenvalue weighted by atomic mass is 10.2. The van der Waals surface area contributed by atoms with E-state index in [4.69, 9.17) is 5.73 Å². The molecule has 0 saturated carbocycles. The van der Waals surface area contributed by atoms with Crippen molar-refractivity contribution in [2.75, 3.05) is 0 Å². The lowest BCUT2D eigenvalue weighted by Crippen LogP contribution is -2.24. The lowest BCUT2D eigenvalue weighted by molar-refractivity contribution is 0.0945. The number of rotatable bonds is 4. The summed E-state index contributed by atoms with van der Waals surface area (Å²) in [5.74, 6) is -0.212. The number of nitrogens with zero attached hydrogens (tertiary/aromatic N) is 1. The van der Waals surface area contributed by atoms with E-state index in [0.717, 1.165) is 9.13 Å². The summed E-state index contributed by atoms with van der Waals surface area (Å²) in [7, 11) is 0. The summed E-state index contributed by atoms with van der Waals surface area (Å²) in [6, 6.07) is 7.96. The van der Waals surface area contributed by atoms with Crippen LogP contribution in [0.2, 0.25) is 0 Å². The third-order valence-electron chi connectivity index (χ3n) is 2.48. The predicted molar refractivity (Wildman–Crippen MR) is 76.8 cm³/mol. The smallest absolute Gasteiger partial charge is 0.272 e. The van der Waals surface area contributed by atoms with Gasteiger partial charge in [-0.3, -0.25) is 4.79 Å². The molecule has 1 heterocycles. The van der Waals surface area contributed by atoms with Gasteiger partial charge >= 0.3 is 0 Å². The molecular formula is C12H13IN4O. The van der Waals surface area contributed by atoms with Gasteiger partial charge in [-0.25, -0.2) is 4.98 Å². The summed E-state index contributed by atoms with van der Waals surface area (Å²) < 4.78 is 1.14.